The second kappa shape index (κ2) is 34.1. The number of amides is 3. The summed E-state index contributed by atoms with van der Waals surface area (Å²) in [7, 11) is 0. The van der Waals surface area contributed by atoms with E-state index in [-0.39, 0.29) is 90.5 Å². The van der Waals surface area contributed by atoms with E-state index in [1.807, 2.05) is 14.7 Å². The van der Waals surface area contributed by atoms with Gasteiger partial charge in [-0.2, -0.15) is 0 Å². The van der Waals surface area contributed by atoms with Crippen molar-refractivity contribution in [2.24, 2.45) is 0 Å². The summed E-state index contributed by atoms with van der Waals surface area (Å²) in [6, 6.07) is 29.8. The molecule has 0 radical (unpaired) electrons. The van der Waals surface area contributed by atoms with Crippen LogP contribution in [0, 0.1) is 0 Å². The quantitative estimate of drug-likeness (QED) is 0.0408. The normalized spacial score (nSPS) is 13.3. The summed E-state index contributed by atoms with van der Waals surface area (Å²) in [5, 5.41) is 72.3. The van der Waals surface area contributed by atoms with Crippen LogP contribution in [0.5, 0.6) is 34.5 Å². The molecule has 0 unspecified atom stereocenters. The molecule has 0 heterocycles. The standard InChI is InChI=1S/C105H153N3O9/c1-94(2,3)73-49-64(50-74(85(73)109)95(4,5)6)37-43-106(44-38-65-51-75(96(7,8)9)86(110)76(52-65)97(10,11)12)91(115)70-61-71(92(116)107(45-39-66-53-77(98(13,14)15)87(111)78(54-66)99(16,17)18)46-40-67-55-79(100(19,20)21)88(112)80(56-67)101(22,23)24)63-72(62-70)93(117)108(47-41-68-57-81(102(25,26)27)89(113)82(58-68)103(28,29)30)48-42-69-59-83(104(31,32)33)90(114)84(60-69)105(34,35)36/h49-63,109-114H,37-48H2,1-36H3. The molecule has 0 spiro atoms. The zero-order valence-corrected chi connectivity index (χ0v) is 79.4. The third-order valence-corrected chi connectivity index (χ3v) is 23.3. The van der Waals surface area contributed by atoms with Gasteiger partial charge in [0.1, 0.15) is 34.5 Å². The highest BCUT2D eigenvalue weighted by Crippen LogP contribution is 2.47. The predicted octanol–water partition coefficient (Wildman–Crippen LogP) is 24.3. The summed E-state index contributed by atoms with van der Waals surface area (Å²) < 4.78 is 0. The molecule has 0 aliphatic rings. The first-order valence-corrected chi connectivity index (χ1v) is 43.1. The molecular formula is C105H153N3O9. The van der Waals surface area contributed by atoms with E-state index in [2.05, 4.69) is 322 Å². The van der Waals surface area contributed by atoms with Gasteiger partial charge in [0.15, 0.2) is 0 Å². The van der Waals surface area contributed by atoms with Gasteiger partial charge in [-0.15, -0.1) is 0 Å². The van der Waals surface area contributed by atoms with Gasteiger partial charge >= 0.3 is 0 Å². The largest absolute Gasteiger partial charge is 0.507 e. The number of phenols is 6. The summed E-state index contributed by atoms with van der Waals surface area (Å²) in [6.07, 6.45) is 2.37. The monoisotopic (exact) mass is 1600 g/mol. The summed E-state index contributed by atoms with van der Waals surface area (Å²) in [4.78, 5) is 56.1. The highest BCUT2D eigenvalue weighted by Gasteiger charge is 2.36. The number of phenolic OH excluding ortho intramolecular Hbond substituents is 6. The summed E-state index contributed by atoms with van der Waals surface area (Å²) in [5.74, 6) is 0.352. The molecule has 117 heavy (non-hydrogen) atoms. The highest BCUT2D eigenvalue weighted by molar-refractivity contribution is 6.04. The maximum absolute atomic E-state index is 16.9. The lowest BCUT2D eigenvalue weighted by atomic mass is 9.78. The van der Waals surface area contributed by atoms with Gasteiger partial charge in [-0.1, -0.05) is 322 Å². The van der Waals surface area contributed by atoms with Gasteiger partial charge in [0.05, 0.1) is 0 Å². The lowest BCUT2D eigenvalue weighted by Gasteiger charge is -2.30. The van der Waals surface area contributed by atoms with Crippen LogP contribution >= 0.6 is 0 Å². The number of benzene rings is 7. The fourth-order valence-electron chi connectivity index (χ4n) is 16.0. The molecule has 0 aliphatic carbocycles. The Morgan fingerprint density at radius 1 is 0.188 bits per heavy atom. The third-order valence-electron chi connectivity index (χ3n) is 23.3. The van der Waals surface area contributed by atoms with Crippen LogP contribution in [0.25, 0.3) is 0 Å². The van der Waals surface area contributed by atoms with Crippen LogP contribution in [0.2, 0.25) is 0 Å². The number of hydrogen-bond donors (Lipinski definition) is 6. The molecule has 0 saturated carbocycles. The number of carbonyl (C=O) groups excluding carboxylic acids is 3. The van der Waals surface area contributed by atoms with Gasteiger partial charge in [-0.3, -0.25) is 14.4 Å². The molecule has 6 N–H and O–H groups in total. The number of aromatic hydroxyl groups is 6. The minimum absolute atomic E-state index is 0.148. The van der Waals surface area contributed by atoms with Gasteiger partial charge in [0.25, 0.3) is 17.7 Å². The molecule has 0 aromatic heterocycles. The van der Waals surface area contributed by atoms with Gasteiger partial charge < -0.3 is 45.3 Å². The Balaban J connectivity index is 1.57. The average Bonchev–Trinajstić information content (AvgIpc) is 0.805. The molecule has 0 bridgehead atoms. The first-order valence-electron chi connectivity index (χ1n) is 43.1. The fourth-order valence-corrected chi connectivity index (χ4v) is 16.0. The van der Waals surface area contributed by atoms with Crippen molar-refractivity contribution in [1.29, 1.82) is 0 Å². The van der Waals surface area contributed by atoms with Crippen LogP contribution in [0.15, 0.2) is 91.0 Å². The Morgan fingerprint density at radius 3 is 0.368 bits per heavy atom. The van der Waals surface area contributed by atoms with E-state index >= 15 is 14.4 Å². The summed E-state index contributed by atoms with van der Waals surface area (Å²) in [6.45, 7) is 76.6. The van der Waals surface area contributed by atoms with Crippen LogP contribution < -0.4 is 0 Å². The number of nitrogens with zero attached hydrogens (tertiary/aromatic N) is 3. The van der Waals surface area contributed by atoms with Crippen LogP contribution in [-0.4, -0.2) is 102 Å². The van der Waals surface area contributed by atoms with E-state index in [0.717, 1.165) is 100 Å². The maximum atomic E-state index is 16.9. The van der Waals surface area contributed by atoms with Crippen molar-refractivity contribution in [2.75, 3.05) is 39.3 Å². The topological polar surface area (TPSA) is 182 Å². The lowest BCUT2D eigenvalue weighted by Crippen LogP contribution is -2.38. The maximum Gasteiger partial charge on any atom is 0.253 e. The van der Waals surface area contributed by atoms with Gasteiger partial charge in [-0.25, -0.2) is 0 Å². The van der Waals surface area contributed by atoms with Gasteiger partial charge in [-0.05, 0) is 222 Å². The number of hydrogen-bond acceptors (Lipinski definition) is 9. The van der Waals surface area contributed by atoms with E-state index in [1.54, 1.807) is 18.2 Å². The predicted molar refractivity (Wildman–Crippen MR) is 489 cm³/mol. The van der Waals surface area contributed by atoms with E-state index in [1.165, 1.54) is 0 Å². The Bertz CT molecular complexity index is 3830. The third kappa shape index (κ3) is 23.6. The van der Waals surface area contributed by atoms with Crippen LogP contribution in [0.1, 0.15) is 380 Å². The molecular weight excluding hydrogens is 1450 g/mol. The van der Waals surface area contributed by atoms with Crippen molar-refractivity contribution in [3.63, 3.8) is 0 Å². The second-order valence-corrected chi connectivity index (χ2v) is 46.4. The van der Waals surface area contributed by atoms with E-state index in [0.29, 0.717) is 38.5 Å². The Hall–Kier alpha value is -8.25. The number of carbonyl (C=O) groups is 3. The first kappa shape index (κ1) is 95.9. The molecule has 3 amide bonds. The Labute approximate surface area is 707 Å². The van der Waals surface area contributed by atoms with E-state index < -0.39 is 82.7 Å². The molecule has 0 atom stereocenters. The van der Waals surface area contributed by atoms with Crippen LogP contribution in [0.3, 0.4) is 0 Å². The average molecular weight is 1600 g/mol. The lowest BCUT2D eigenvalue weighted by molar-refractivity contribution is 0.0755. The highest BCUT2D eigenvalue weighted by atomic mass is 16.3. The Kier molecular flexibility index (Phi) is 27.9. The van der Waals surface area contributed by atoms with Gasteiger partial charge in [0, 0.05) is 56.0 Å². The van der Waals surface area contributed by atoms with E-state index in [4.69, 9.17) is 0 Å². The minimum Gasteiger partial charge on any atom is -0.507 e. The van der Waals surface area contributed by atoms with Crippen LogP contribution in [0.4, 0.5) is 0 Å². The van der Waals surface area contributed by atoms with E-state index in [9.17, 15) is 30.6 Å². The van der Waals surface area contributed by atoms with Crippen molar-refractivity contribution in [1.82, 2.24) is 14.7 Å². The Morgan fingerprint density at radius 2 is 0.282 bits per heavy atom. The molecule has 642 valence electrons. The number of rotatable bonds is 21. The molecule has 7 aromatic carbocycles. The van der Waals surface area contributed by atoms with Crippen molar-refractivity contribution >= 4 is 17.7 Å². The zero-order chi connectivity index (χ0) is 89.1. The van der Waals surface area contributed by atoms with Crippen molar-refractivity contribution < 1.29 is 45.0 Å². The zero-order valence-electron chi connectivity index (χ0n) is 79.4. The summed E-state index contributed by atoms with van der Waals surface area (Å²) in [5.41, 5.74) is 10.4. The van der Waals surface area contributed by atoms with Crippen molar-refractivity contribution in [3.05, 3.63) is 208 Å². The molecule has 7 aromatic rings. The molecule has 12 heteroatoms. The molecule has 0 aliphatic heterocycles. The van der Waals surface area contributed by atoms with Crippen molar-refractivity contribution in [3.8, 4) is 34.5 Å². The first-order chi connectivity index (χ1) is 52.8. The smallest absolute Gasteiger partial charge is 0.253 e. The van der Waals surface area contributed by atoms with Crippen molar-refractivity contribution in [2.45, 2.75) is 353 Å². The molecule has 7 rings (SSSR count). The van der Waals surface area contributed by atoms with Crippen LogP contribution in [-0.2, 0) is 104 Å². The fraction of sp³-hybridized carbons (Fsp3) is 0.571. The SMILES string of the molecule is CC(C)(C)c1cc(CCN(CCc2cc(C(C)(C)C)c(O)c(C(C)(C)C)c2)C(=O)c2cc(C(=O)N(CCc3cc(C(C)(C)C)c(O)c(C(C)(C)C)c3)CCc3cc(C(C)(C)C)c(O)c(C(C)(C)C)c3)cc(C(=O)N(CCc3cc(C(C)(C)C)c(O)c(C(C)(C)C)c3)CCc3cc(C(C)(C)C)c(O)c(C(C)(C)C)c3)c2)cc(C(C)(C)C)c1O. The van der Waals surface area contributed by atoms with Gasteiger partial charge in [0.2, 0.25) is 0 Å². The molecule has 0 saturated heterocycles. The minimum atomic E-state index is -0.436. The molecule has 12 nitrogen and oxygen atoms in total. The molecule has 0 fully saturated rings. The second-order valence-electron chi connectivity index (χ2n) is 46.4. The summed E-state index contributed by atoms with van der Waals surface area (Å²) >= 11 is 0.